The molecule has 0 amide bonds. The van der Waals surface area contributed by atoms with Crippen molar-refractivity contribution in [3.63, 3.8) is 0 Å². The second-order valence-electron chi connectivity index (χ2n) is 4.38. The second-order valence-corrected chi connectivity index (χ2v) is 4.38. The zero-order valence-electron chi connectivity index (χ0n) is 8.24. The van der Waals surface area contributed by atoms with E-state index >= 15 is 0 Å². The Balaban J connectivity index is 1.99. The zero-order valence-corrected chi connectivity index (χ0v) is 8.24. The minimum atomic E-state index is 0.491. The number of nitrogens with zero attached hydrogens (tertiary/aromatic N) is 2. The number of fused-ring (bicyclic) bond motifs is 1. The highest BCUT2D eigenvalue weighted by atomic mass is 14.9. The van der Waals surface area contributed by atoms with Gasteiger partial charge < -0.3 is 5.73 Å². The minimum Gasteiger partial charge on any atom is -0.330 e. The van der Waals surface area contributed by atoms with Crippen LogP contribution in [0.25, 0.3) is 0 Å². The van der Waals surface area contributed by atoms with Gasteiger partial charge in [0, 0.05) is 24.6 Å². The molecule has 1 fully saturated rings. The number of hydrogen-bond acceptors (Lipinski definition) is 3. The summed E-state index contributed by atoms with van der Waals surface area (Å²) in [4.78, 5) is 9.11. The summed E-state index contributed by atoms with van der Waals surface area (Å²) in [7, 11) is 0. The van der Waals surface area contributed by atoms with Crippen molar-refractivity contribution in [1.29, 1.82) is 0 Å². The van der Waals surface area contributed by atoms with Crippen molar-refractivity contribution in [3.8, 4) is 0 Å². The minimum absolute atomic E-state index is 0.491. The van der Waals surface area contributed by atoms with Gasteiger partial charge in [-0.05, 0) is 31.2 Å². The smallest absolute Gasteiger partial charge is 0.131 e. The van der Waals surface area contributed by atoms with Gasteiger partial charge in [-0.3, -0.25) is 0 Å². The van der Waals surface area contributed by atoms with Crippen molar-refractivity contribution in [1.82, 2.24) is 9.97 Å². The topological polar surface area (TPSA) is 51.8 Å². The summed E-state index contributed by atoms with van der Waals surface area (Å²) in [6.07, 6.45) is 6.83. The quantitative estimate of drug-likeness (QED) is 0.763. The van der Waals surface area contributed by atoms with Crippen LogP contribution in [0, 0.1) is 0 Å². The van der Waals surface area contributed by atoms with E-state index < -0.39 is 0 Å². The first-order chi connectivity index (χ1) is 6.88. The Morgan fingerprint density at radius 3 is 2.93 bits per heavy atom. The van der Waals surface area contributed by atoms with Crippen LogP contribution in [0.4, 0.5) is 0 Å². The molecule has 1 saturated carbocycles. The van der Waals surface area contributed by atoms with Gasteiger partial charge in [-0.15, -0.1) is 0 Å². The number of hydrogen-bond donors (Lipinski definition) is 1. The van der Waals surface area contributed by atoms with Crippen LogP contribution in [0.2, 0.25) is 0 Å². The maximum atomic E-state index is 5.73. The third-order valence-electron chi connectivity index (χ3n) is 3.29. The van der Waals surface area contributed by atoms with E-state index in [1.165, 1.54) is 24.1 Å². The van der Waals surface area contributed by atoms with Crippen molar-refractivity contribution in [3.05, 3.63) is 23.3 Å². The maximum absolute atomic E-state index is 5.73. The van der Waals surface area contributed by atoms with Gasteiger partial charge in [0.1, 0.15) is 5.82 Å². The van der Waals surface area contributed by atoms with Crippen LogP contribution in [0.15, 0.2) is 6.20 Å². The Morgan fingerprint density at radius 1 is 1.36 bits per heavy atom. The first-order valence-electron chi connectivity index (χ1n) is 5.44. The molecular formula is C11H15N3. The molecule has 1 unspecified atom stereocenters. The molecule has 1 aromatic rings. The van der Waals surface area contributed by atoms with Crippen molar-refractivity contribution in [2.45, 2.75) is 37.5 Å². The van der Waals surface area contributed by atoms with E-state index in [9.17, 15) is 0 Å². The fourth-order valence-electron chi connectivity index (χ4n) is 2.21. The SMILES string of the molecule is NCC1CCc2cnc(C3CC3)nc21. The van der Waals surface area contributed by atoms with E-state index in [1.54, 1.807) is 0 Å². The number of aryl methyl sites for hydroxylation is 1. The Bertz CT molecular complexity index is 358. The lowest BCUT2D eigenvalue weighted by atomic mass is 10.1. The fourth-order valence-corrected chi connectivity index (χ4v) is 2.21. The third kappa shape index (κ3) is 1.23. The lowest BCUT2D eigenvalue weighted by molar-refractivity contribution is 0.669. The molecule has 3 nitrogen and oxygen atoms in total. The summed E-state index contributed by atoms with van der Waals surface area (Å²) >= 11 is 0. The predicted octanol–water partition coefficient (Wildman–Crippen LogP) is 1.34. The predicted molar refractivity (Wildman–Crippen MR) is 54.1 cm³/mol. The molecule has 3 heteroatoms. The van der Waals surface area contributed by atoms with Crippen molar-refractivity contribution in [2.75, 3.05) is 6.54 Å². The van der Waals surface area contributed by atoms with Gasteiger partial charge in [0.15, 0.2) is 0 Å². The van der Waals surface area contributed by atoms with Crippen LogP contribution in [0.1, 0.15) is 48.2 Å². The number of nitrogens with two attached hydrogens (primary N) is 1. The van der Waals surface area contributed by atoms with Gasteiger partial charge in [0.05, 0.1) is 5.69 Å². The Hall–Kier alpha value is -0.960. The average molecular weight is 189 g/mol. The lowest BCUT2D eigenvalue weighted by Gasteiger charge is -2.07. The van der Waals surface area contributed by atoms with Gasteiger partial charge in [-0.2, -0.15) is 0 Å². The monoisotopic (exact) mass is 189 g/mol. The Morgan fingerprint density at radius 2 is 2.21 bits per heavy atom. The molecule has 0 aromatic carbocycles. The van der Waals surface area contributed by atoms with Crippen molar-refractivity contribution >= 4 is 0 Å². The van der Waals surface area contributed by atoms with E-state index in [1.807, 2.05) is 6.20 Å². The second kappa shape index (κ2) is 3.02. The molecule has 2 aliphatic rings. The van der Waals surface area contributed by atoms with E-state index in [0.717, 1.165) is 25.2 Å². The van der Waals surface area contributed by atoms with Gasteiger partial charge in [0.2, 0.25) is 0 Å². The molecule has 0 spiro atoms. The average Bonchev–Trinajstić information content (AvgIpc) is 2.98. The summed E-state index contributed by atoms with van der Waals surface area (Å²) in [6, 6.07) is 0. The van der Waals surface area contributed by atoms with Crippen LogP contribution in [-0.2, 0) is 6.42 Å². The van der Waals surface area contributed by atoms with Crippen LogP contribution in [-0.4, -0.2) is 16.5 Å². The van der Waals surface area contributed by atoms with Crippen LogP contribution >= 0.6 is 0 Å². The fraction of sp³-hybridized carbons (Fsp3) is 0.636. The van der Waals surface area contributed by atoms with E-state index in [-0.39, 0.29) is 0 Å². The molecule has 1 heterocycles. The van der Waals surface area contributed by atoms with Gasteiger partial charge in [-0.25, -0.2) is 9.97 Å². The number of aromatic nitrogens is 2. The van der Waals surface area contributed by atoms with E-state index in [0.29, 0.717) is 11.8 Å². The van der Waals surface area contributed by atoms with Crippen molar-refractivity contribution in [2.24, 2.45) is 5.73 Å². The molecule has 1 atom stereocenters. The molecule has 0 bridgehead atoms. The molecule has 2 aliphatic carbocycles. The molecule has 0 aliphatic heterocycles. The zero-order chi connectivity index (χ0) is 9.54. The van der Waals surface area contributed by atoms with Gasteiger partial charge >= 0.3 is 0 Å². The summed E-state index contributed by atoms with van der Waals surface area (Å²) in [5, 5.41) is 0. The molecule has 2 N–H and O–H groups in total. The molecule has 74 valence electrons. The lowest BCUT2D eigenvalue weighted by Crippen LogP contribution is -2.11. The highest BCUT2D eigenvalue weighted by Gasteiger charge is 2.30. The first kappa shape index (κ1) is 8.36. The van der Waals surface area contributed by atoms with Crippen LogP contribution in [0.3, 0.4) is 0 Å². The summed E-state index contributed by atoms with van der Waals surface area (Å²) in [5.41, 5.74) is 8.29. The maximum Gasteiger partial charge on any atom is 0.131 e. The Kier molecular flexibility index (Phi) is 1.80. The van der Waals surface area contributed by atoms with Crippen molar-refractivity contribution < 1.29 is 0 Å². The van der Waals surface area contributed by atoms with Crippen LogP contribution < -0.4 is 5.73 Å². The highest BCUT2D eigenvalue weighted by molar-refractivity contribution is 5.28. The largest absolute Gasteiger partial charge is 0.330 e. The standard InChI is InChI=1S/C11H15N3/c12-5-8-3-4-9-6-13-11(7-1-2-7)14-10(8)9/h6-8H,1-5,12H2. The molecule has 3 rings (SSSR count). The summed E-state index contributed by atoms with van der Waals surface area (Å²) in [6.45, 7) is 0.730. The molecule has 0 saturated heterocycles. The van der Waals surface area contributed by atoms with E-state index in [4.69, 9.17) is 5.73 Å². The number of rotatable bonds is 2. The highest BCUT2D eigenvalue weighted by Crippen LogP contribution is 2.39. The van der Waals surface area contributed by atoms with E-state index in [2.05, 4.69) is 9.97 Å². The normalized spacial score (nSPS) is 25.1. The first-order valence-corrected chi connectivity index (χ1v) is 5.44. The third-order valence-corrected chi connectivity index (χ3v) is 3.29. The van der Waals surface area contributed by atoms with Crippen LogP contribution in [0.5, 0.6) is 0 Å². The van der Waals surface area contributed by atoms with Gasteiger partial charge in [-0.1, -0.05) is 0 Å². The summed E-state index contributed by atoms with van der Waals surface area (Å²) < 4.78 is 0. The molecule has 14 heavy (non-hydrogen) atoms. The summed E-state index contributed by atoms with van der Waals surface area (Å²) in [5.74, 6) is 2.20. The molecular weight excluding hydrogens is 174 g/mol. The Labute approximate surface area is 83.8 Å². The molecule has 0 radical (unpaired) electrons. The van der Waals surface area contributed by atoms with Gasteiger partial charge in [0.25, 0.3) is 0 Å². The molecule has 1 aromatic heterocycles.